The number of hydrogen-bond donors (Lipinski definition) is 0. The van der Waals surface area contributed by atoms with E-state index in [4.69, 9.17) is 18.3 Å². The molecule has 5 heteroatoms. The first-order valence-corrected chi connectivity index (χ1v) is 7.31. The van der Waals surface area contributed by atoms with Crippen LogP contribution in [0.1, 0.15) is 24.0 Å². The number of nitrogens with zero attached hydrogens (tertiary/aromatic N) is 1. The van der Waals surface area contributed by atoms with E-state index in [1.165, 1.54) is 0 Å². The van der Waals surface area contributed by atoms with Crippen molar-refractivity contribution in [1.82, 2.24) is 0 Å². The first-order chi connectivity index (χ1) is 11.3. The number of furan rings is 2. The van der Waals surface area contributed by atoms with Crippen molar-refractivity contribution in [2.45, 2.75) is 12.5 Å². The average Bonchev–Trinajstić information content (AvgIpc) is 3.30. The molecule has 0 amide bonds. The van der Waals surface area contributed by atoms with Crippen molar-refractivity contribution in [2.24, 2.45) is 0 Å². The molecule has 0 aliphatic heterocycles. The summed E-state index contributed by atoms with van der Waals surface area (Å²) >= 11 is 0. The minimum absolute atomic E-state index is 0.456. The van der Waals surface area contributed by atoms with Crippen LogP contribution in [0.2, 0.25) is 0 Å². The fourth-order valence-electron chi connectivity index (χ4n) is 2.59. The highest BCUT2D eigenvalue weighted by Gasteiger charge is 2.32. The van der Waals surface area contributed by atoms with Gasteiger partial charge in [0.1, 0.15) is 0 Å². The third-order valence-electron chi connectivity index (χ3n) is 3.58. The third-order valence-corrected chi connectivity index (χ3v) is 3.58. The van der Waals surface area contributed by atoms with E-state index < -0.39 is 12.5 Å². The third kappa shape index (κ3) is 3.16. The number of ether oxygens (including phenoxy) is 2. The van der Waals surface area contributed by atoms with Crippen LogP contribution in [0.5, 0.6) is 0 Å². The van der Waals surface area contributed by atoms with Gasteiger partial charge in [0.25, 0.3) is 0 Å². The average molecular weight is 313 g/mol. The second kappa shape index (κ2) is 7.17. The van der Waals surface area contributed by atoms with Crippen LogP contribution in [0.15, 0.2) is 76.0 Å². The number of rotatable bonds is 7. The second-order valence-corrected chi connectivity index (χ2v) is 4.95. The second-order valence-electron chi connectivity index (χ2n) is 4.95. The Labute approximate surface area is 135 Å². The minimum Gasteiger partial charge on any atom is -0.465 e. The van der Waals surface area contributed by atoms with Gasteiger partial charge in [0.15, 0.2) is 24.0 Å². The Morgan fingerprint density at radius 1 is 0.739 bits per heavy atom. The predicted octanol–water partition coefficient (Wildman–Crippen LogP) is 4.37. The summed E-state index contributed by atoms with van der Waals surface area (Å²) in [6, 6.07) is 17.3. The van der Waals surface area contributed by atoms with Gasteiger partial charge in [-0.15, -0.1) is 0 Å². The molecule has 0 saturated heterocycles. The molecule has 5 nitrogen and oxygen atoms in total. The summed E-state index contributed by atoms with van der Waals surface area (Å²) in [6.07, 6.45) is 2.34. The lowest BCUT2D eigenvalue weighted by Crippen LogP contribution is -2.34. The lowest BCUT2D eigenvalue weighted by atomic mass is 10.2. The van der Waals surface area contributed by atoms with Gasteiger partial charge in [-0.1, -0.05) is 18.2 Å². The molecule has 0 aliphatic rings. The Morgan fingerprint density at radius 3 is 1.65 bits per heavy atom. The van der Waals surface area contributed by atoms with E-state index in [0.717, 1.165) is 5.69 Å². The van der Waals surface area contributed by atoms with Crippen LogP contribution in [-0.4, -0.2) is 14.2 Å². The number of methoxy groups -OCH3 is 2. The first kappa shape index (κ1) is 15.4. The Kier molecular flexibility index (Phi) is 4.80. The molecule has 3 aromatic rings. The molecule has 23 heavy (non-hydrogen) atoms. The number of hydrogen-bond acceptors (Lipinski definition) is 5. The van der Waals surface area contributed by atoms with E-state index in [1.807, 2.05) is 59.5 Å². The van der Waals surface area contributed by atoms with Crippen molar-refractivity contribution < 1.29 is 18.3 Å². The normalized spacial score (nSPS) is 13.7. The van der Waals surface area contributed by atoms with E-state index in [-0.39, 0.29) is 0 Å². The van der Waals surface area contributed by atoms with Gasteiger partial charge in [-0.2, -0.15) is 0 Å². The molecule has 0 bridgehead atoms. The van der Waals surface area contributed by atoms with E-state index in [1.54, 1.807) is 26.7 Å². The molecule has 2 heterocycles. The maximum absolute atomic E-state index is 5.70. The van der Waals surface area contributed by atoms with Crippen LogP contribution >= 0.6 is 0 Å². The predicted molar refractivity (Wildman–Crippen MR) is 85.8 cm³/mol. The Bertz CT molecular complexity index is 637. The van der Waals surface area contributed by atoms with Gasteiger partial charge in [0, 0.05) is 19.9 Å². The maximum atomic E-state index is 5.70. The molecule has 2 unspecified atom stereocenters. The lowest BCUT2D eigenvalue weighted by Gasteiger charge is -2.36. The van der Waals surface area contributed by atoms with Crippen molar-refractivity contribution in [3.8, 4) is 0 Å². The van der Waals surface area contributed by atoms with Crippen molar-refractivity contribution in [2.75, 3.05) is 19.1 Å². The number of benzene rings is 1. The van der Waals surface area contributed by atoms with Crippen LogP contribution in [0.4, 0.5) is 5.69 Å². The fraction of sp³-hybridized carbons (Fsp3) is 0.222. The Balaban J connectivity index is 2.06. The molecule has 0 N–H and O–H groups in total. The highest BCUT2D eigenvalue weighted by atomic mass is 16.5. The summed E-state index contributed by atoms with van der Waals surface area (Å²) in [5.74, 6) is 1.37. The molecular formula is C18H19NO4. The molecule has 1 aromatic carbocycles. The summed E-state index contributed by atoms with van der Waals surface area (Å²) in [4.78, 5) is 1.97. The smallest absolute Gasteiger partial charge is 0.191 e. The topological polar surface area (TPSA) is 48.0 Å². The summed E-state index contributed by atoms with van der Waals surface area (Å²) in [5, 5.41) is 0. The van der Waals surface area contributed by atoms with Crippen LogP contribution < -0.4 is 4.90 Å². The van der Waals surface area contributed by atoms with Crippen molar-refractivity contribution in [3.05, 3.63) is 78.6 Å². The fourth-order valence-corrected chi connectivity index (χ4v) is 2.59. The van der Waals surface area contributed by atoms with Crippen molar-refractivity contribution in [1.29, 1.82) is 0 Å². The number of anilines is 1. The highest BCUT2D eigenvalue weighted by molar-refractivity contribution is 5.48. The van der Waals surface area contributed by atoms with Crippen LogP contribution in [0, 0.1) is 0 Å². The molecule has 3 rings (SSSR count). The van der Waals surface area contributed by atoms with Crippen molar-refractivity contribution in [3.63, 3.8) is 0 Å². The van der Waals surface area contributed by atoms with E-state index in [0.29, 0.717) is 11.5 Å². The van der Waals surface area contributed by atoms with Gasteiger partial charge >= 0.3 is 0 Å². The molecule has 2 atom stereocenters. The summed E-state index contributed by atoms with van der Waals surface area (Å²) in [5.41, 5.74) is 0.930. The monoisotopic (exact) mass is 313 g/mol. The molecular weight excluding hydrogens is 294 g/mol. The van der Waals surface area contributed by atoms with E-state index >= 15 is 0 Å². The van der Waals surface area contributed by atoms with Gasteiger partial charge in [-0.3, -0.25) is 0 Å². The maximum Gasteiger partial charge on any atom is 0.191 e. The van der Waals surface area contributed by atoms with Gasteiger partial charge in [0.05, 0.1) is 12.5 Å². The summed E-state index contributed by atoms with van der Waals surface area (Å²) < 4.78 is 22.5. The molecule has 120 valence electrons. The van der Waals surface area contributed by atoms with Crippen LogP contribution in [0.25, 0.3) is 0 Å². The lowest BCUT2D eigenvalue weighted by molar-refractivity contribution is 0.00580. The zero-order valence-electron chi connectivity index (χ0n) is 13.1. The first-order valence-electron chi connectivity index (χ1n) is 7.31. The Morgan fingerprint density at radius 2 is 1.26 bits per heavy atom. The Hall–Kier alpha value is -2.50. The molecule has 0 aliphatic carbocycles. The number of para-hydroxylation sites is 1. The SMILES string of the molecule is COC(c1ccco1)N(c1ccccc1)C(OC)c1ccco1. The molecule has 2 aromatic heterocycles. The zero-order valence-corrected chi connectivity index (χ0v) is 13.1. The van der Waals surface area contributed by atoms with E-state index in [9.17, 15) is 0 Å². The molecule has 0 spiro atoms. The largest absolute Gasteiger partial charge is 0.465 e. The van der Waals surface area contributed by atoms with Gasteiger partial charge < -0.3 is 23.2 Å². The zero-order chi connectivity index (χ0) is 16.1. The standard InChI is InChI=1S/C18H19NO4/c1-20-17(15-10-6-12-22-15)19(14-8-4-3-5-9-14)18(21-2)16-11-7-13-23-16/h3-13,17-18H,1-2H3. The summed E-state index contributed by atoms with van der Waals surface area (Å²) in [6.45, 7) is 0. The molecule has 0 fully saturated rings. The van der Waals surface area contributed by atoms with Crippen LogP contribution in [0.3, 0.4) is 0 Å². The van der Waals surface area contributed by atoms with Crippen molar-refractivity contribution >= 4 is 5.69 Å². The molecule has 0 radical (unpaired) electrons. The van der Waals surface area contributed by atoms with Gasteiger partial charge in [-0.05, 0) is 36.4 Å². The summed E-state index contributed by atoms with van der Waals surface area (Å²) in [7, 11) is 3.27. The van der Waals surface area contributed by atoms with Crippen LogP contribution in [-0.2, 0) is 9.47 Å². The quantitative estimate of drug-likeness (QED) is 0.606. The highest BCUT2D eigenvalue weighted by Crippen LogP contribution is 2.36. The van der Waals surface area contributed by atoms with Gasteiger partial charge in [0.2, 0.25) is 0 Å². The van der Waals surface area contributed by atoms with E-state index in [2.05, 4.69) is 0 Å². The minimum atomic E-state index is -0.456. The molecule has 0 saturated carbocycles. The van der Waals surface area contributed by atoms with Gasteiger partial charge in [-0.25, -0.2) is 0 Å².